The number of hydrogen-bond donors (Lipinski definition) is 0. The average Bonchev–Trinajstić information content (AvgIpc) is 3.70. The Labute approximate surface area is 360 Å². The van der Waals surface area contributed by atoms with Crippen molar-refractivity contribution in [3.05, 3.63) is 235 Å². The zero-order valence-corrected chi connectivity index (χ0v) is 35.2. The van der Waals surface area contributed by atoms with Gasteiger partial charge in [0.25, 0.3) is 0 Å². The van der Waals surface area contributed by atoms with Crippen molar-refractivity contribution in [3.63, 3.8) is 0 Å². The summed E-state index contributed by atoms with van der Waals surface area (Å²) in [6, 6.07) is 78.4. The lowest BCUT2D eigenvalue weighted by Crippen LogP contribution is -2.16. The van der Waals surface area contributed by atoms with E-state index in [2.05, 4.69) is 245 Å². The molecule has 0 fully saturated rings. The third kappa shape index (κ3) is 5.91. The summed E-state index contributed by atoms with van der Waals surface area (Å²) in [4.78, 5) is 2.45. The van der Waals surface area contributed by atoms with E-state index in [1.54, 1.807) is 0 Å². The van der Waals surface area contributed by atoms with Crippen LogP contribution in [0.4, 0.5) is 17.1 Å². The van der Waals surface area contributed by atoms with Gasteiger partial charge in [-0.15, -0.1) is 0 Å². The molecule has 9 aromatic carbocycles. The summed E-state index contributed by atoms with van der Waals surface area (Å²) in [6.07, 6.45) is 0. The van der Waals surface area contributed by atoms with Gasteiger partial charge in [0.2, 0.25) is 0 Å². The maximum atomic E-state index is 2.45. The van der Waals surface area contributed by atoms with Gasteiger partial charge in [0.1, 0.15) is 0 Å². The van der Waals surface area contributed by atoms with Crippen molar-refractivity contribution in [2.24, 2.45) is 0 Å². The van der Waals surface area contributed by atoms with Gasteiger partial charge in [-0.1, -0.05) is 210 Å². The Kier molecular flexibility index (Phi) is 8.58. The van der Waals surface area contributed by atoms with Crippen molar-refractivity contribution in [3.8, 4) is 66.8 Å². The minimum Gasteiger partial charge on any atom is -0.310 e. The Bertz CT molecular complexity index is 3100. The van der Waals surface area contributed by atoms with Crippen molar-refractivity contribution in [2.45, 2.75) is 38.5 Å². The minimum absolute atomic E-state index is 0.0882. The van der Waals surface area contributed by atoms with Crippen LogP contribution in [-0.2, 0) is 10.8 Å². The van der Waals surface area contributed by atoms with E-state index in [0.717, 1.165) is 17.1 Å². The van der Waals surface area contributed by atoms with Gasteiger partial charge >= 0.3 is 0 Å². The molecule has 0 spiro atoms. The van der Waals surface area contributed by atoms with Crippen molar-refractivity contribution in [1.82, 2.24) is 0 Å². The van der Waals surface area contributed by atoms with Gasteiger partial charge in [-0.3, -0.25) is 0 Å². The van der Waals surface area contributed by atoms with Crippen LogP contribution in [-0.4, -0.2) is 0 Å². The molecule has 2 aliphatic carbocycles. The van der Waals surface area contributed by atoms with E-state index in [0.29, 0.717) is 0 Å². The highest BCUT2D eigenvalue weighted by molar-refractivity contribution is 5.98. The fourth-order valence-electron chi connectivity index (χ4n) is 10.5. The van der Waals surface area contributed by atoms with Crippen molar-refractivity contribution in [2.75, 3.05) is 4.90 Å². The number of benzene rings is 9. The lowest BCUT2D eigenvalue weighted by atomic mass is 9.79. The number of anilines is 3. The van der Waals surface area contributed by atoms with Crippen LogP contribution in [0.2, 0.25) is 0 Å². The molecule has 0 saturated heterocycles. The smallest absolute Gasteiger partial charge is 0.0540 e. The van der Waals surface area contributed by atoms with Crippen LogP contribution in [0.5, 0.6) is 0 Å². The monoisotopic (exact) mass is 781 g/mol. The van der Waals surface area contributed by atoms with Crippen LogP contribution in [0.25, 0.3) is 66.8 Å². The molecule has 0 aliphatic heterocycles. The zero-order valence-electron chi connectivity index (χ0n) is 35.2. The summed E-state index contributed by atoms with van der Waals surface area (Å²) in [5.41, 5.74) is 23.9. The molecule has 1 heteroatoms. The molecule has 0 radical (unpaired) electrons. The van der Waals surface area contributed by atoms with Gasteiger partial charge in [-0.05, 0) is 114 Å². The Hall–Kier alpha value is -7.22. The van der Waals surface area contributed by atoms with E-state index in [9.17, 15) is 0 Å². The van der Waals surface area contributed by atoms with Crippen LogP contribution in [0.1, 0.15) is 49.9 Å². The van der Waals surface area contributed by atoms with Crippen LogP contribution in [0.3, 0.4) is 0 Å². The molecule has 11 rings (SSSR count). The molecular weight excluding hydrogens is 735 g/mol. The van der Waals surface area contributed by atoms with Crippen LogP contribution >= 0.6 is 0 Å². The highest BCUT2D eigenvalue weighted by Gasteiger charge is 2.38. The molecular formula is C60H47N. The predicted octanol–water partition coefficient (Wildman–Crippen LogP) is 16.4. The molecule has 9 aromatic rings. The Morgan fingerprint density at radius 2 is 0.705 bits per heavy atom. The van der Waals surface area contributed by atoms with Gasteiger partial charge in [0.15, 0.2) is 0 Å². The first-order chi connectivity index (χ1) is 29.8. The number of nitrogens with zero attached hydrogens (tertiary/aromatic N) is 1. The van der Waals surface area contributed by atoms with Gasteiger partial charge < -0.3 is 4.90 Å². The second kappa shape index (κ2) is 14.2. The standard InChI is InChI=1S/C60H47N/c1-59(2)54-25-12-9-20-52(54)57-50(22-15-26-55(57)59)49-19-10-13-27-56(49)61(45-36-32-43(33-37-45)42-30-28-41(29-31-42)40-16-6-5-7-17-40)46-38-34-44(35-39-46)47-21-14-23-51-48-18-8-11-24-53(48)60(3,4)58(47)51/h5-39H,1-4H3. The van der Waals surface area contributed by atoms with E-state index in [-0.39, 0.29) is 10.8 Å². The van der Waals surface area contributed by atoms with Gasteiger partial charge in [-0.25, -0.2) is 0 Å². The highest BCUT2D eigenvalue weighted by Crippen LogP contribution is 2.55. The van der Waals surface area contributed by atoms with Crippen molar-refractivity contribution >= 4 is 17.1 Å². The zero-order chi connectivity index (χ0) is 41.3. The summed E-state index contributed by atoms with van der Waals surface area (Å²) in [5.74, 6) is 0. The third-order valence-corrected chi connectivity index (χ3v) is 13.5. The fourth-order valence-corrected chi connectivity index (χ4v) is 10.5. The highest BCUT2D eigenvalue weighted by atomic mass is 15.1. The SMILES string of the molecule is CC1(C)c2ccccc2-c2c(-c3ccccc3N(c3ccc(-c4ccc(-c5ccccc5)cc4)cc3)c3ccc(-c4cccc5c4C(C)(C)c4ccccc4-5)cc3)cccc21. The quantitative estimate of drug-likeness (QED) is 0.156. The van der Waals surface area contributed by atoms with E-state index in [1.165, 1.54) is 89.0 Å². The first-order valence-electron chi connectivity index (χ1n) is 21.5. The normalized spacial score (nSPS) is 13.8. The van der Waals surface area contributed by atoms with Gasteiger partial charge in [0, 0.05) is 27.8 Å². The molecule has 292 valence electrons. The second-order valence-electron chi connectivity index (χ2n) is 17.7. The minimum atomic E-state index is -0.0983. The molecule has 1 nitrogen and oxygen atoms in total. The molecule has 0 saturated carbocycles. The number of para-hydroxylation sites is 1. The second-order valence-corrected chi connectivity index (χ2v) is 17.7. The maximum Gasteiger partial charge on any atom is 0.0540 e. The number of hydrogen-bond acceptors (Lipinski definition) is 1. The lowest BCUT2D eigenvalue weighted by Gasteiger charge is -2.29. The fraction of sp³-hybridized carbons (Fsp3) is 0.100. The molecule has 61 heavy (non-hydrogen) atoms. The molecule has 0 N–H and O–H groups in total. The molecule has 2 aliphatic rings. The largest absolute Gasteiger partial charge is 0.310 e. The first kappa shape index (κ1) is 36.8. The Morgan fingerprint density at radius 3 is 1.36 bits per heavy atom. The van der Waals surface area contributed by atoms with Crippen LogP contribution in [0, 0.1) is 0 Å². The molecule has 0 unspecified atom stereocenters. The predicted molar refractivity (Wildman–Crippen MR) is 258 cm³/mol. The molecule has 0 aromatic heterocycles. The Morgan fingerprint density at radius 1 is 0.279 bits per heavy atom. The topological polar surface area (TPSA) is 3.24 Å². The number of fused-ring (bicyclic) bond motifs is 6. The summed E-state index contributed by atoms with van der Waals surface area (Å²) in [5, 5.41) is 0. The number of rotatable bonds is 7. The van der Waals surface area contributed by atoms with Crippen molar-refractivity contribution in [1.29, 1.82) is 0 Å². The maximum absolute atomic E-state index is 2.45. The molecule has 0 bridgehead atoms. The Balaban J connectivity index is 1.04. The molecule has 0 amide bonds. The average molecular weight is 782 g/mol. The van der Waals surface area contributed by atoms with E-state index < -0.39 is 0 Å². The summed E-state index contributed by atoms with van der Waals surface area (Å²) in [6.45, 7) is 9.46. The van der Waals surface area contributed by atoms with Crippen LogP contribution in [0.15, 0.2) is 212 Å². The van der Waals surface area contributed by atoms with Crippen molar-refractivity contribution < 1.29 is 0 Å². The summed E-state index contributed by atoms with van der Waals surface area (Å²) in [7, 11) is 0. The first-order valence-corrected chi connectivity index (χ1v) is 21.5. The summed E-state index contributed by atoms with van der Waals surface area (Å²) >= 11 is 0. The van der Waals surface area contributed by atoms with Crippen LogP contribution < -0.4 is 4.90 Å². The lowest BCUT2D eigenvalue weighted by molar-refractivity contribution is 0.660. The molecule has 0 atom stereocenters. The molecule has 0 heterocycles. The van der Waals surface area contributed by atoms with Gasteiger partial charge in [0.05, 0.1) is 5.69 Å². The van der Waals surface area contributed by atoms with E-state index in [1.807, 2.05) is 0 Å². The van der Waals surface area contributed by atoms with E-state index >= 15 is 0 Å². The third-order valence-electron chi connectivity index (χ3n) is 13.5. The van der Waals surface area contributed by atoms with Gasteiger partial charge in [-0.2, -0.15) is 0 Å². The van der Waals surface area contributed by atoms with E-state index in [4.69, 9.17) is 0 Å². The summed E-state index contributed by atoms with van der Waals surface area (Å²) < 4.78 is 0.